The van der Waals surface area contributed by atoms with Crippen molar-refractivity contribution in [3.8, 4) is 0 Å². The Balaban J connectivity index is 1.99. The molecule has 1 aromatic heterocycles. The number of anilines is 1. The van der Waals surface area contributed by atoms with E-state index in [0.717, 1.165) is 13.8 Å². The molecule has 3 rings (SSSR count). The normalized spacial score (nSPS) is 22.3. The quantitative estimate of drug-likeness (QED) is 0.391. The Labute approximate surface area is 193 Å². The summed E-state index contributed by atoms with van der Waals surface area (Å²) in [4.78, 5) is 38.8. The van der Waals surface area contributed by atoms with E-state index in [2.05, 4.69) is 4.98 Å². The van der Waals surface area contributed by atoms with Crippen molar-refractivity contribution in [3.63, 3.8) is 0 Å². The minimum Gasteiger partial charge on any atom is -0.463 e. The molecule has 2 heterocycles. The van der Waals surface area contributed by atoms with E-state index < -0.39 is 76.3 Å². The maximum absolute atomic E-state index is 14.1. The third kappa shape index (κ3) is 6.15. The summed E-state index contributed by atoms with van der Waals surface area (Å²) in [6.07, 6.45) is -5.29. The van der Waals surface area contributed by atoms with Gasteiger partial charge in [-0.25, -0.2) is 9.18 Å². The van der Waals surface area contributed by atoms with E-state index in [4.69, 9.17) is 24.1 Å². The molecule has 2 aromatic rings. The molecule has 1 aromatic carbocycles. The van der Waals surface area contributed by atoms with E-state index in [1.807, 2.05) is 0 Å². The smallest absolute Gasteiger partial charge is 0.351 e. The zero-order valence-electron chi connectivity index (χ0n) is 18.1. The van der Waals surface area contributed by atoms with E-state index in [9.17, 15) is 27.2 Å². The predicted octanol–water partition coefficient (Wildman–Crippen LogP) is 0.272. The molecular weight excluding hydrogens is 477 g/mol. The van der Waals surface area contributed by atoms with Crippen LogP contribution in [-0.4, -0.2) is 54.8 Å². The molecule has 14 heteroatoms. The van der Waals surface area contributed by atoms with E-state index in [1.54, 1.807) is 30.3 Å². The second-order valence-corrected chi connectivity index (χ2v) is 8.95. The number of halogens is 1. The van der Waals surface area contributed by atoms with Crippen molar-refractivity contribution in [1.82, 2.24) is 9.55 Å². The third-order valence-electron chi connectivity index (χ3n) is 4.69. The third-order valence-corrected chi connectivity index (χ3v) is 5.89. The summed E-state index contributed by atoms with van der Waals surface area (Å²) in [5.74, 6) is -3.84. The van der Waals surface area contributed by atoms with Crippen molar-refractivity contribution in [2.24, 2.45) is 0 Å². The first-order chi connectivity index (χ1) is 16.0. The zero-order valence-corrected chi connectivity index (χ0v) is 18.9. The predicted molar refractivity (Wildman–Crippen MR) is 113 cm³/mol. The zero-order chi connectivity index (χ0) is 25.0. The Morgan fingerprint density at radius 1 is 1.18 bits per heavy atom. The number of carbonyl (C=O) groups excluding carboxylic acids is 2. The number of carbonyl (C=O) groups is 2. The lowest BCUT2D eigenvalue weighted by Gasteiger charge is -2.24. The monoisotopic (exact) mass is 499 g/mol. The molecule has 34 heavy (non-hydrogen) atoms. The van der Waals surface area contributed by atoms with Gasteiger partial charge in [0.05, 0.1) is 6.20 Å². The largest absolute Gasteiger partial charge is 0.463 e. The highest BCUT2D eigenvalue weighted by molar-refractivity contribution is 7.85. The summed E-state index contributed by atoms with van der Waals surface area (Å²) in [7, 11) is -4.30. The number of aromatic nitrogens is 2. The lowest BCUT2D eigenvalue weighted by atomic mass is 10.1. The van der Waals surface area contributed by atoms with Gasteiger partial charge in [0.15, 0.2) is 24.0 Å². The number of ether oxygens (including phenoxy) is 3. The molecule has 1 aliphatic rings. The lowest BCUT2D eigenvalue weighted by molar-refractivity contribution is -0.155. The fraction of sp³-hybridized carbons (Fsp3) is 0.400. The molecule has 0 spiro atoms. The molecule has 2 N–H and O–H groups in total. The van der Waals surface area contributed by atoms with Crippen LogP contribution < -0.4 is 11.4 Å². The lowest BCUT2D eigenvalue weighted by Crippen LogP contribution is -2.42. The first-order valence-electron chi connectivity index (χ1n) is 9.92. The number of nitrogen functional groups attached to an aromatic ring is 1. The van der Waals surface area contributed by atoms with Gasteiger partial charge in [0.25, 0.3) is 10.1 Å². The van der Waals surface area contributed by atoms with Gasteiger partial charge in [0.1, 0.15) is 24.6 Å². The van der Waals surface area contributed by atoms with Gasteiger partial charge in [-0.15, -0.1) is 0 Å². The van der Waals surface area contributed by atoms with Crippen molar-refractivity contribution >= 4 is 27.9 Å². The fourth-order valence-corrected chi connectivity index (χ4v) is 4.56. The van der Waals surface area contributed by atoms with Crippen LogP contribution >= 0.6 is 0 Å². The topological polar surface area (TPSA) is 166 Å². The van der Waals surface area contributed by atoms with Crippen molar-refractivity contribution in [3.05, 3.63) is 58.4 Å². The number of benzene rings is 1. The Kier molecular flexibility index (Phi) is 7.64. The molecule has 12 nitrogen and oxygen atoms in total. The van der Waals surface area contributed by atoms with Gasteiger partial charge in [-0.1, -0.05) is 30.3 Å². The van der Waals surface area contributed by atoms with E-state index in [1.165, 1.54) is 0 Å². The first-order valence-corrected chi connectivity index (χ1v) is 11.5. The van der Waals surface area contributed by atoms with Crippen molar-refractivity contribution in [1.29, 1.82) is 0 Å². The van der Waals surface area contributed by atoms with Crippen LogP contribution in [0, 0.1) is 5.82 Å². The van der Waals surface area contributed by atoms with Crippen LogP contribution in [-0.2, 0) is 43.9 Å². The number of nitrogens with zero attached hydrogens (tertiary/aromatic N) is 2. The Bertz CT molecular complexity index is 1220. The Morgan fingerprint density at radius 3 is 2.47 bits per heavy atom. The number of esters is 2. The van der Waals surface area contributed by atoms with Gasteiger partial charge in [0, 0.05) is 13.8 Å². The standard InChI is InChI=1S/C20H22FN3O9S/c1-11(25)30-9-15-16(33-34(28,29)10-13-6-4-3-5-7-13)17(31-12(2)26)19(32-15)24-8-14(21)18(22)23-20(24)27/h3-8,15-17,19H,9-10H2,1-2H3,(H2,22,23,27)/t15-,16+,17-,19-/m1/s1. The van der Waals surface area contributed by atoms with Gasteiger partial charge in [-0.2, -0.15) is 13.4 Å². The van der Waals surface area contributed by atoms with E-state index in [0.29, 0.717) is 16.3 Å². The molecule has 0 radical (unpaired) electrons. The van der Waals surface area contributed by atoms with Gasteiger partial charge < -0.3 is 19.9 Å². The fourth-order valence-electron chi connectivity index (χ4n) is 3.32. The molecule has 0 bridgehead atoms. The number of nitrogens with two attached hydrogens (primary N) is 1. The number of hydrogen-bond donors (Lipinski definition) is 1. The number of rotatable bonds is 8. The molecule has 1 fully saturated rings. The van der Waals surface area contributed by atoms with Gasteiger partial charge in [-0.05, 0) is 5.56 Å². The minimum atomic E-state index is -4.30. The summed E-state index contributed by atoms with van der Waals surface area (Å²) in [6, 6.07) is 8.11. The average molecular weight is 499 g/mol. The molecule has 0 unspecified atom stereocenters. The van der Waals surface area contributed by atoms with Gasteiger partial charge >= 0.3 is 17.6 Å². The Morgan fingerprint density at radius 2 is 1.85 bits per heavy atom. The Hall–Kier alpha value is -3.36. The molecule has 1 saturated heterocycles. The first kappa shape index (κ1) is 25.3. The summed E-state index contributed by atoms with van der Waals surface area (Å²) >= 11 is 0. The highest BCUT2D eigenvalue weighted by Gasteiger charge is 2.51. The second kappa shape index (κ2) is 10.3. The maximum Gasteiger partial charge on any atom is 0.351 e. The van der Waals surface area contributed by atoms with Crippen LogP contribution in [0.3, 0.4) is 0 Å². The summed E-state index contributed by atoms with van der Waals surface area (Å²) in [6.45, 7) is 1.65. The molecule has 1 aliphatic heterocycles. The highest BCUT2D eigenvalue weighted by Crippen LogP contribution is 2.35. The van der Waals surface area contributed by atoms with Crippen molar-refractivity contribution in [2.45, 2.75) is 44.1 Å². The molecule has 4 atom stereocenters. The molecule has 184 valence electrons. The van der Waals surface area contributed by atoms with E-state index in [-0.39, 0.29) is 0 Å². The summed E-state index contributed by atoms with van der Waals surface area (Å²) < 4.78 is 61.4. The van der Waals surface area contributed by atoms with Gasteiger partial charge in [0.2, 0.25) is 0 Å². The molecule has 0 aliphatic carbocycles. The van der Waals surface area contributed by atoms with Crippen LogP contribution in [0.1, 0.15) is 25.6 Å². The van der Waals surface area contributed by atoms with Crippen molar-refractivity contribution < 1.29 is 40.8 Å². The number of hydrogen-bond acceptors (Lipinski definition) is 11. The van der Waals surface area contributed by atoms with Crippen LogP contribution in [0.2, 0.25) is 0 Å². The summed E-state index contributed by atoms with van der Waals surface area (Å²) in [5, 5.41) is 0. The SMILES string of the molecule is CC(=O)OC[C@H]1O[C@@H](n2cc(F)c(N)nc2=O)[C@H](OC(C)=O)[C@H]1OS(=O)(=O)Cc1ccccc1. The highest BCUT2D eigenvalue weighted by atomic mass is 32.2. The van der Waals surface area contributed by atoms with Crippen LogP contribution in [0.25, 0.3) is 0 Å². The molecule has 0 saturated carbocycles. The van der Waals surface area contributed by atoms with Crippen LogP contribution in [0.4, 0.5) is 10.2 Å². The van der Waals surface area contributed by atoms with Crippen molar-refractivity contribution in [2.75, 3.05) is 12.3 Å². The average Bonchev–Trinajstić information content (AvgIpc) is 3.05. The molecular formula is C20H22FN3O9S. The van der Waals surface area contributed by atoms with Gasteiger partial charge in [-0.3, -0.25) is 18.3 Å². The second-order valence-electron chi connectivity index (χ2n) is 7.35. The van der Waals surface area contributed by atoms with Crippen LogP contribution in [0.15, 0.2) is 41.3 Å². The minimum absolute atomic E-state index is 0.416. The van der Waals surface area contributed by atoms with E-state index >= 15 is 0 Å². The molecule has 0 amide bonds. The maximum atomic E-state index is 14.1. The van der Waals surface area contributed by atoms with Crippen LogP contribution in [0.5, 0.6) is 0 Å². The summed E-state index contributed by atoms with van der Waals surface area (Å²) in [5.41, 5.74) is 4.67.